The van der Waals surface area contributed by atoms with E-state index in [1.54, 1.807) is 0 Å². The number of hydrogen-bond donors (Lipinski definition) is 1. The van der Waals surface area contributed by atoms with Gasteiger partial charge in [-0.1, -0.05) is 0 Å². The van der Waals surface area contributed by atoms with Crippen molar-refractivity contribution >= 4 is 15.9 Å². The van der Waals surface area contributed by atoms with Crippen LogP contribution >= 0.6 is 15.9 Å². The van der Waals surface area contributed by atoms with Gasteiger partial charge in [0, 0.05) is 17.7 Å². The van der Waals surface area contributed by atoms with E-state index in [0.29, 0.717) is 5.82 Å². The summed E-state index contributed by atoms with van der Waals surface area (Å²) in [7, 11) is 0. The first kappa shape index (κ1) is 17.6. The Hall–Kier alpha value is -1.80. The monoisotopic (exact) mass is 387 g/mol. The molecule has 1 heterocycles. The lowest BCUT2D eigenvalue weighted by molar-refractivity contribution is 0.281. The topological polar surface area (TPSA) is 70.1 Å². The van der Waals surface area contributed by atoms with Crippen molar-refractivity contribution in [2.75, 3.05) is 0 Å². The molecule has 5 nitrogen and oxygen atoms in total. The minimum absolute atomic E-state index is 0.0241. The molecule has 124 valence electrons. The molecule has 0 fully saturated rings. The molecule has 0 atom stereocenters. The Kier molecular flexibility index (Phi) is 5.48. The number of nitrogens with zero attached hydrogens (tertiary/aromatic N) is 2. The number of hydrogen-bond acceptors (Lipinski definition) is 4. The molecule has 0 amide bonds. The van der Waals surface area contributed by atoms with Crippen molar-refractivity contribution in [3.63, 3.8) is 0 Å². The van der Waals surface area contributed by atoms with Crippen LogP contribution in [0.2, 0.25) is 0 Å². The van der Waals surface area contributed by atoms with Crippen molar-refractivity contribution in [3.05, 3.63) is 56.0 Å². The van der Waals surface area contributed by atoms with Crippen molar-refractivity contribution < 1.29 is 13.5 Å². The SMILES string of the molecule is CC(C)n1c(CN)nc(OCc2ccc(F)cc2F)c(Br)c1=O. The second-order valence-corrected chi connectivity index (χ2v) is 5.94. The number of benzene rings is 1. The Morgan fingerprint density at radius 3 is 2.65 bits per heavy atom. The lowest BCUT2D eigenvalue weighted by atomic mass is 10.2. The number of aromatic nitrogens is 2. The first-order chi connectivity index (χ1) is 10.8. The molecular formula is C15H16BrF2N3O2. The van der Waals surface area contributed by atoms with E-state index in [-0.39, 0.29) is 40.7 Å². The standard InChI is InChI=1S/C15H16BrF2N3O2/c1-8(2)21-12(6-19)20-14(13(16)15(21)22)23-7-9-3-4-10(17)5-11(9)18/h3-5,8H,6-7,19H2,1-2H3. The first-order valence-electron chi connectivity index (χ1n) is 6.92. The first-order valence-corrected chi connectivity index (χ1v) is 7.72. The Balaban J connectivity index is 2.33. The third-order valence-corrected chi connectivity index (χ3v) is 3.86. The number of nitrogens with two attached hydrogens (primary N) is 1. The molecule has 0 aliphatic heterocycles. The molecule has 23 heavy (non-hydrogen) atoms. The van der Waals surface area contributed by atoms with Crippen LogP contribution in [0, 0.1) is 11.6 Å². The zero-order valence-electron chi connectivity index (χ0n) is 12.6. The quantitative estimate of drug-likeness (QED) is 0.855. The summed E-state index contributed by atoms with van der Waals surface area (Å²) < 4.78 is 33.5. The summed E-state index contributed by atoms with van der Waals surface area (Å²) in [5.41, 5.74) is 5.46. The summed E-state index contributed by atoms with van der Waals surface area (Å²) in [6, 6.07) is 3.06. The van der Waals surface area contributed by atoms with E-state index in [9.17, 15) is 13.6 Å². The molecule has 1 aromatic carbocycles. The van der Waals surface area contributed by atoms with Crippen LogP contribution in [0.3, 0.4) is 0 Å². The van der Waals surface area contributed by atoms with Crippen molar-refractivity contribution in [2.45, 2.75) is 33.0 Å². The molecule has 0 bridgehead atoms. The molecule has 2 rings (SSSR count). The van der Waals surface area contributed by atoms with Crippen LogP contribution in [0.4, 0.5) is 8.78 Å². The predicted molar refractivity (Wildman–Crippen MR) is 85.2 cm³/mol. The molecule has 0 saturated heterocycles. The third kappa shape index (κ3) is 3.76. The van der Waals surface area contributed by atoms with Crippen molar-refractivity contribution in [1.82, 2.24) is 9.55 Å². The van der Waals surface area contributed by atoms with Crippen LogP contribution < -0.4 is 16.0 Å². The molecule has 0 aliphatic carbocycles. The van der Waals surface area contributed by atoms with Gasteiger partial charge >= 0.3 is 0 Å². The van der Waals surface area contributed by atoms with E-state index in [2.05, 4.69) is 20.9 Å². The Bertz CT molecular complexity index is 778. The average Bonchev–Trinajstić information content (AvgIpc) is 2.49. The fraction of sp³-hybridized carbons (Fsp3) is 0.333. The van der Waals surface area contributed by atoms with Crippen LogP contribution in [0.15, 0.2) is 27.5 Å². The second-order valence-electron chi connectivity index (χ2n) is 5.14. The maximum atomic E-state index is 13.6. The largest absolute Gasteiger partial charge is 0.472 e. The molecule has 0 spiro atoms. The minimum atomic E-state index is -0.726. The number of ether oxygens (including phenoxy) is 1. The minimum Gasteiger partial charge on any atom is -0.472 e. The van der Waals surface area contributed by atoms with E-state index >= 15 is 0 Å². The number of halogens is 3. The Labute approximate surface area is 140 Å². The molecule has 1 aromatic heterocycles. The van der Waals surface area contributed by atoms with E-state index in [1.807, 2.05) is 13.8 Å². The summed E-state index contributed by atoms with van der Waals surface area (Å²) in [5, 5.41) is 0. The Morgan fingerprint density at radius 1 is 1.39 bits per heavy atom. The Morgan fingerprint density at radius 2 is 2.09 bits per heavy atom. The summed E-state index contributed by atoms with van der Waals surface area (Å²) >= 11 is 3.15. The second kappa shape index (κ2) is 7.18. The van der Waals surface area contributed by atoms with Gasteiger partial charge in [0.25, 0.3) is 5.56 Å². The molecule has 2 aromatic rings. The van der Waals surface area contributed by atoms with Crippen molar-refractivity contribution in [2.24, 2.45) is 5.73 Å². The van der Waals surface area contributed by atoms with Crippen LogP contribution in [0.1, 0.15) is 31.3 Å². The van der Waals surface area contributed by atoms with E-state index in [1.165, 1.54) is 10.6 Å². The van der Waals surface area contributed by atoms with Gasteiger partial charge in [-0.25, -0.2) is 8.78 Å². The predicted octanol–water partition coefficient (Wildman–Crippen LogP) is 2.90. The summed E-state index contributed by atoms with van der Waals surface area (Å²) in [4.78, 5) is 16.6. The van der Waals surface area contributed by atoms with Gasteiger partial charge in [-0.15, -0.1) is 0 Å². The third-order valence-electron chi connectivity index (χ3n) is 3.18. The van der Waals surface area contributed by atoms with Crippen molar-refractivity contribution in [3.8, 4) is 5.88 Å². The molecule has 0 aliphatic rings. The van der Waals surface area contributed by atoms with E-state index in [4.69, 9.17) is 10.5 Å². The maximum absolute atomic E-state index is 13.6. The van der Waals surface area contributed by atoms with Gasteiger partial charge in [0.1, 0.15) is 28.5 Å². The zero-order valence-corrected chi connectivity index (χ0v) is 14.2. The highest BCUT2D eigenvalue weighted by Crippen LogP contribution is 2.22. The zero-order chi connectivity index (χ0) is 17.1. The molecule has 0 radical (unpaired) electrons. The highest BCUT2D eigenvalue weighted by Gasteiger charge is 2.17. The molecule has 0 unspecified atom stereocenters. The van der Waals surface area contributed by atoms with Gasteiger partial charge in [0.05, 0.1) is 6.54 Å². The van der Waals surface area contributed by atoms with Crippen LogP contribution in [-0.4, -0.2) is 9.55 Å². The molecule has 8 heteroatoms. The number of rotatable bonds is 5. The molecule has 2 N–H and O–H groups in total. The summed E-state index contributed by atoms with van der Waals surface area (Å²) in [6.07, 6.45) is 0. The highest BCUT2D eigenvalue weighted by molar-refractivity contribution is 9.10. The lowest BCUT2D eigenvalue weighted by Gasteiger charge is -2.17. The van der Waals surface area contributed by atoms with Crippen LogP contribution in [0.5, 0.6) is 5.88 Å². The van der Waals surface area contributed by atoms with Crippen molar-refractivity contribution in [1.29, 1.82) is 0 Å². The lowest BCUT2D eigenvalue weighted by Crippen LogP contribution is -2.29. The summed E-state index contributed by atoms with van der Waals surface area (Å²) in [6.45, 7) is 3.54. The van der Waals surface area contributed by atoms with E-state index in [0.717, 1.165) is 12.1 Å². The van der Waals surface area contributed by atoms with Gasteiger partial charge in [-0.3, -0.25) is 9.36 Å². The van der Waals surface area contributed by atoms with E-state index < -0.39 is 11.6 Å². The van der Waals surface area contributed by atoms with Gasteiger partial charge in [-0.2, -0.15) is 4.98 Å². The van der Waals surface area contributed by atoms with Gasteiger partial charge < -0.3 is 10.5 Å². The van der Waals surface area contributed by atoms with Gasteiger partial charge in [0.2, 0.25) is 5.88 Å². The van der Waals surface area contributed by atoms with Crippen LogP contribution in [0.25, 0.3) is 0 Å². The molecular weight excluding hydrogens is 372 g/mol. The smallest absolute Gasteiger partial charge is 0.272 e. The van der Waals surface area contributed by atoms with Gasteiger partial charge in [-0.05, 0) is 41.9 Å². The summed E-state index contributed by atoms with van der Waals surface area (Å²) in [5.74, 6) is -1.01. The molecule has 0 saturated carbocycles. The highest BCUT2D eigenvalue weighted by atomic mass is 79.9. The maximum Gasteiger partial charge on any atom is 0.272 e. The average molecular weight is 388 g/mol. The van der Waals surface area contributed by atoms with Crippen LogP contribution in [-0.2, 0) is 13.2 Å². The van der Waals surface area contributed by atoms with Gasteiger partial charge in [0.15, 0.2) is 0 Å². The normalized spacial score (nSPS) is 11.1. The fourth-order valence-electron chi connectivity index (χ4n) is 2.09. The fourth-order valence-corrected chi connectivity index (χ4v) is 2.49.